The van der Waals surface area contributed by atoms with E-state index in [-0.39, 0.29) is 5.41 Å². The Morgan fingerprint density at radius 3 is 1.57 bits per heavy atom. The molecular weight excluding hydrogens is 641 g/mol. The molecule has 1 aliphatic rings. The molecule has 0 unspecified atom stereocenters. The lowest BCUT2D eigenvalue weighted by Gasteiger charge is -2.27. The highest BCUT2D eigenvalue weighted by atomic mass is 15.1. The Morgan fingerprint density at radius 1 is 0.377 bits per heavy atom. The van der Waals surface area contributed by atoms with Gasteiger partial charge in [0, 0.05) is 44.3 Å². The average Bonchev–Trinajstić information content (AvgIpc) is 3.70. The van der Waals surface area contributed by atoms with Crippen molar-refractivity contribution in [3.8, 4) is 44.5 Å². The Labute approximate surface area is 310 Å². The third-order valence-electron chi connectivity index (χ3n) is 11.2. The maximum atomic E-state index is 3.83. The number of para-hydroxylation sites is 1. The number of aromatic amines is 1. The molecule has 1 aromatic heterocycles. The van der Waals surface area contributed by atoms with E-state index in [0.717, 1.165) is 28.1 Å². The lowest BCUT2D eigenvalue weighted by molar-refractivity contribution is 0.660. The second kappa shape index (κ2) is 12.3. The summed E-state index contributed by atoms with van der Waals surface area (Å²) >= 11 is 0. The van der Waals surface area contributed by atoms with Crippen molar-refractivity contribution in [2.75, 3.05) is 4.90 Å². The van der Waals surface area contributed by atoms with E-state index in [2.05, 4.69) is 212 Å². The molecule has 53 heavy (non-hydrogen) atoms. The van der Waals surface area contributed by atoms with Gasteiger partial charge >= 0.3 is 0 Å². The molecule has 2 heteroatoms. The summed E-state index contributed by atoms with van der Waals surface area (Å²) in [6.07, 6.45) is 0. The van der Waals surface area contributed by atoms with Gasteiger partial charge in [-0.2, -0.15) is 0 Å². The normalized spacial score (nSPS) is 12.9. The minimum Gasteiger partial charge on any atom is -0.354 e. The van der Waals surface area contributed by atoms with Gasteiger partial charge in [-0.05, 0) is 98.6 Å². The number of anilines is 3. The predicted octanol–water partition coefficient (Wildman–Crippen LogP) is 14.1. The molecule has 0 fully saturated rings. The minimum absolute atomic E-state index is 0.0443. The van der Waals surface area contributed by atoms with Gasteiger partial charge < -0.3 is 9.88 Å². The van der Waals surface area contributed by atoms with E-state index in [9.17, 15) is 0 Å². The van der Waals surface area contributed by atoms with Crippen LogP contribution in [-0.2, 0) is 5.41 Å². The van der Waals surface area contributed by atoms with E-state index >= 15 is 0 Å². The number of rotatable bonds is 6. The molecule has 10 rings (SSSR count). The number of H-pyrrole nitrogens is 1. The van der Waals surface area contributed by atoms with Crippen LogP contribution in [0, 0.1) is 0 Å². The van der Waals surface area contributed by atoms with Crippen LogP contribution in [0.2, 0.25) is 0 Å². The molecular formula is C51H38N2. The first kappa shape index (κ1) is 31.1. The number of aromatic nitrogens is 1. The summed E-state index contributed by atoms with van der Waals surface area (Å²) < 4.78 is 0. The Hall–Kier alpha value is -6.64. The standard InChI is InChI=1S/C51H38N2/c1-51(2)47-19-11-9-17-42(47)45-31-38(25-30-48(45)51)44-32-41(33-46-43-18-10-12-20-49(43)52-50(44)46)53(39-26-21-36(22-27-39)34-13-5-3-6-14-34)40-28-23-37(24-29-40)35-15-7-4-8-16-35/h3-33,52H,1-2H3. The molecule has 0 saturated carbocycles. The molecule has 0 spiro atoms. The third-order valence-corrected chi connectivity index (χ3v) is 11.2. The summed E-state index contributed by atoms with van der Waals surface area (Å²) in [5, 5.41) is 2.43. The first-order chi connectivity index (χ1) is 26.0. The largest absolute Gasteiger partial charge is 0.354 e. The van der Waals surface area contributed by atoms with Crippen LogP contribution in [0.4, 0.5) is 17.1 Å². The number of nitrogens with one attached hydrogen (secondary N) is 1. The zero-order chi connectivity index (χ0) is 35.5. The Balaban J connectivity index is 1.19. The molecule has 0 radical (unpaired) electrons. The quantitative estimate of drug-likeness (QED) is 0.185. The van der Waals surface area contributed by atoms with Crippen LogP contribution < -0.4 is 4.90 Å². The molecule has 0 atom stereocenters. The Bertz CT molecular complexity index is 2690. The summed E-state index contributed by atoms with van der Waals surface area (Å²) in [5.74, 6) is 0. The van der Waals surface area contributed by atoms with E-state index in [1.807, 2.05) is 0 Å². The van der Waals surface area contributed by atoms with Gasteiger partial charge in [-0.25, -0.2) is 0 Å². The van der Waals surface area contributed by atoms with Crippen LogP contribution in [0.15, 0.2) is 188 Å². The van der Waals surface area contributed by atoms with Crippen molar-refractivity contribution < 1.29 is 0 Å². The van der Waals surface area contributed by atoms with Crippen LogP contribution in [0.25, 0.3) is 66.3 Å². The molecule has 252 valence electrons. The van der Waals surface area contributed by atoms with Crippen LogP contribution in [-0.4, -0.2) is 4.98 Å². The van der Waals surface area contributed by atoms with Gasteiger partial charge in [-0.3, -0.25) is 0 Å². The molecule has 1 N–H and O–H groups in total. The average molecular weight is 679 g/mol. The molecule has 9 aromatic rings. The van der Waals surface area contributed by atoms with Gasteiger partial charge in [0.1, 0.15) is 0 Å². The van der Waals surface area contributed by atoms with Gasteiger partial charge in [-0.15, -0.1) is 0 Å². The smallest absolute Gasteiger partial charge is 0.0546 e. The summed E-state index contributed by atoms with van der Waals surface area (Å²) in [4.78, 5) is 6.23. The predicted molar refractivity (Wildman–Crippen MR) is 224 cm³/mol. The van der Waals surface area contributed by atoms with Crippen molar-refractivity contribution in [2.45, 2.75) is 19.3 Å². The van der Waals surface area contributed by atoms with Crippen molar-refractivity contribution in [3.05, 3.63) is 199 Å². The van der Waals surface area contributed by atoms with E-state index in [1.165, 1.54) is 66.4 Å². The topological polar surface area (TPSA) is 19.0 Å². The fourth-order valence-corrected chi connectivity index (χ4v) is 8.49. The van der Waals surface area contributed by atoms with Crippen LogP contribution >= 0.6 is 0 Å². The van der Waals surface area contributed by atoms with Gasteiger partial charge in [0.2, 0.25) is 0 Å². The maximum absolute atomic E-state index is 3.83. The first-order valence-electron chi connectivity index (χ1n) is 18.4. The van der Waals surface area contributed by atoms with Crippen molar-refractivity contribution in [2.24, 2.45) is 0 Å². The summed E-state index contributed by atoms with van der Waals surface area (Å²) in [7, 11) is 0. The molecule has 1 heterocycles. The van der Waals surface area contributed by atoms with Crippen LogP contribution in [0.5, 0.6) is 0 Å². The number of nitrogens with zero attached hydrogens (tertiary/aromatic N) is 1. The van der Waals surface area contributed by atoms with Gasteiger partial charge in [-0.1, -0.05) is 153 Å². The highest BCUT2D eigenvalue weighted by Crippen LogP contribution is 2.50. The highest BCUT2D eigenvalue weighted by molar-refractivity contribution is 6.14. The fourth-order valence-electron chi connectivity index (χ4n) is 8.49. The van der Waals surface area contributed by atoms with Gasteiger partial charge in [0.25, 0.3) is 0 Å². The first-order valence-corrected chi connectivity index (χ1v) is 18.4. The van der Waals surface area contributed by atoms with E-state index < -0.39 is 0 Å². The Morgan fingerprint density at radius 2 is 0.906 bits per heavy atom. The van der Waals surface area contributed by atoms with Gasteiger partial charge in [0.05, 0.1) is 5.52 Å². The maximum Gasteiger partial charge on any atom is 0.0546 e. The number of fused-ring (bicyclic) bond motifs is 6. The van der Waals surface area contributed by atoms with Crippen molar-refractivity contribution >= 4 is 38.9 Å². The number of hydrogen-bond donors (Lipinski definition) is 1. The molecule has 0 amide bonds. The SMILES string of the molecule is CC1(C)c2ccccc2-c2cc(-c3cc(N(c4ccc(-c5ccccc5)cc4)c4ccc(-c5ccccc5)cc4)cc4c3[nH]c3ccccc34)ccc21. The molecule has 2 nitrogen and oxygen atoms in total. The number of benzene rings is 8. The molecule has 0 aliphatic heterocycles. The monoisotopic (exact) mass is 678 g/mol. The van der Waals surface area contributed by atoms with E-state index in [4.69, 9.17) is 0 Å². The number of hydrogen-bond acceptors (Lipinski definition) is 1. The van der Waals surface area contributed by atoms with E-state index in [0.29, 0.717) is 0 Å². The van der Waals surface area contributed by atoms with Crippen molar-refractivity contribution in [1.29, 1.82) is 0 Å². The summed E-state index contributed by atoms with van der Waals surface area (Å²) in [6, 6.07) is 68.5. The lowest BCUT2D eigenvalue weighted by atomic mass is 9.82. The summed E-state index contributed by atoms with van der Waals surface area (Å²) in [6.45, 7) is 4.69. The Kier molecular flexibility index (Phi) is 7.19. The summed E-state index contributed by atoms with van der Waals surface area (Å²) in [5.41, 5.74) is 18.2. The second-order valence-electron chi connectivity index (χ2n) is 14.7. The fraction of sp³-hybridized carbons (Fsp3) is 0.0588. The molecule has 1 aliphatic carbocycles. The van der Waals surface area contributed by atoms with Crippen molar-refractivity contribution in [1.82, 2.24) is 4.98 Å². The molecule has 0 saturated heterocycles. The minimum atomic E-state index is -0.0443. The third kappa shape index (κ3) is 5.18. The van der Waals surface area contributed by atoms with Crippen LogP contribution in [0.3, 0.4) is 0 Å². The van der Waals surface area contributed by atoms with Gasteiger partial charge in [0.15, 0.2) is 0 Å². The second-order valence-corrected chi connectivity index (χ2v) is 14.7. The molecule has 0 bridgehead atoms. The van der Waals surface area contributed by atoms with Crippen LogP contribution in [0.1, 0.15) is 25.0 Å². The molecule has 8 aromatic carbocycles. The zero-order valence-corrected chi connectivity index (χ0v) is 29.8. The highest BCUT2D eigenvalue weighted by Gasteiger charge is 2.35. The zero-order valence-electron chi connectivity index (χ0n) is 29.8. The van der Waals surface area contributed by atoms with E-state index in [1.54, 1.807) is 0 Å². The lowest BCUT2D eigenvalue weighted by Crippen LogP contribution is -2.14. The van der Waals surface area contributed by atoms with Crippen molar-refractivity contribution in [3.63, 3.8) is 0 Å².